The molecule has 0 saturated carbocycles. The van der Waals surface area contributed by atoms with Gasteiger partial charge in [0, 0.05) is 5.56 Å². The molecule has 0 aliphatic carbocycles. The summed E-state index contributed by atoms with van der Waals surface area (Å²) in [4.78, 5) is 0. The third-order valence-electron chi connectivity index (χ3n) is 2.54. The van der Waals surface area contributed by atoms with Crippen LogP contribution in [0.1, 0.15) is 25.2 Å². The average Bonchev–Trinajstić information content (AvgIpc) is 2.90. The molecule has 1 aromatic carbocycles. The first-order chi connectivity index (χ1) is 8.35. The number of methoxy groups -OCH3 is 1. The molecule has 2 rings (SSSR count). The van der Waals surface area contributed by atoms with E-state index in [-0.39, 0.29) is 6.29 Å². The van der Waals surface area contributed by atoms with Crippen LogP contribution in [0.3, 0.4) is 0 Å². The van der Waals surface area contributed by atoms with E-state index in [1.54, 1.807) is 7.11 Å². The number of benzene rings is 1. The fraction of sp³-hybridized carbons (Fsp3) is 0.538. The second kappa shape index (κ2) is 5.89. The van der Waals surface area contributed by atoms with Crippen molar-refractivity contribution in [2.24, 2.45) is 0 Å². The van der Waals surface area contributed by atoms with E-state index in [4.69, 9.17) is 18.9 Å². The van der Waals surface area contributed by atoms with Crippen LogP contribution in [0.2, 0.25) is 0 Å². The van der Waals surface area contributed by atoms with E-state index >= 15 is 0 Å². The highest BCUT2D eigenvalue weighted by Crippen LogP contribution is 2.33. The fourth-order valence-electron chi connectivity index (χ4n) is 1.71. The Morgan fingerprint density at radius 3 is 2.65 bits per heavy atom. The first-order valence-electron chi connectivity index (χ1n) is 5.89. The van der Waals surface area contributed by atoms with E-state index in [0.29, 0.717) is 19.8 Å². The lowest BCUT2D eigenvalue weighted by molar-refractivity contribution is -0.0442. The third-order valence-corrected chi connectivity index (χ3v) is 2.54. The van der Waals surface area contributed by atoms with Gasteiger partial charge in [-0.2, -0.15) is 0 Å². The van der Waals surface area contributed by atoms with Crippen LogP contribution in [-0.2, 0) is 9.47 Å². The fourth-order valence-corrected chi connectivity index (χ4v) is 1.71. The summed E-state index contributed by atoms with van der Waals surface area (Å²) in [5.41, 5.74) is 0.961. The summed E-state index contributed by atoms with van der Waals surface area (Å²) in [5.74, 6) is 1.48. The molecule has 0 radical (unpaired) electrons. The summed E-state index contributed by atoms with van der Waals surface area (Å²) in [7, 11) is 1.63. The van der Waals surface area contributed by atoms with E-state index in [0.717, 1.165) is 23.5 Å². The van der Waals surface area contributed by atoms with Crippen molar-refractivity contribution in [1.82, 2.24) is 0 Å². The summed E-state index contributed by atoms with van der Waals surface area (Å²) in [6.07, 6.45) is 0.698. The van der Waals surface area contributed by atoms with Gasteiger partial charge in [0.25, 0.3) is 0 Å². The lowest BCUT2D eigenvalue weighted by Crippen LogP contribution is -2.01. The van der Waals surface area contributed by atoms with Crippen molar-refractivity contribution in [1.29, 1.82) is 0 Å². The molecule has 1 saturated heterocycles. The van der Waals surface area contributed by atoms with E-state index in [1.807, 2.05) is 18.2 Å². The Labute approximate surface area is 101 Å². The third kappa shape index (κ3) is 2.90. The zero-order valence-corrected chi connectivity index (χ0v) is 10.3. The van der Waals surface area contributed by atoms with Gasteiger partial charge in [0.1, 0.15) is 0 Å². The molecule has 17 heavy (non-hydrogen) atoms. The molecule has 94 valence electrons. The molecule has 0 bridgehead atoms. The zero-order valence-electron chi connectivity index (χ0n) is 10.3. The first-order valence-corrected chi connectivity index (χ1v) is 5.89. The molecule has 0 spiro atoms. The lowest BCUT2D eigenvalue weighted by atomic mass is 10.2. The predicted molar refractivity (Wildman–Crippen MR) is 63.4 cm³/mol. The van der Waals surface area contributed by atoms with Crippen LogP contribution in [0.5, 0.6) is 11.5 Å². The summed E-state index contributed by atoms with van der Waals surface area (Å²) >= 11 is 0. The van der Waals surface area contributed by atoms with Crippen molar-refractivity contribution in [2.75, 3.05) is 26.9 Å². The van der Waals surface area contributed by atoms with Crippen LogP contribution in [0.15, 0.2) is 18.2 Å². The number of ether oxygens (including phenoxy) is 4. The molecule has 1 aliphatic rings. The van der Waals surface area contributed by atoms with E-state index in [1.165, 1.54) is 0 Å². The van der Waals surface area contributed by atoms with Crippen LogP contribution in [0.4, 0.5) is 0 Å². The van der Waals surface area contributed by atoms with Gasteiger partial charge in [-0.1, -0.05) is 13.0 Å². The molecule has 0 aromatic heterocycles. The molecule has 4 nitrogen and oxygen atoms in total. The van der Waals surface area contributed by atoms with Gasteiger partial charge < -0.3 is 18.9 Å². The van der Waals surface area contributed by atoms with Crippen LogP contribution in [-0.4, -0.2) is 26.9 Å². The molecular weight excluding hydrogens is 220 g/mol. The molecule has 0 amide bonds. The van der Waals surface area contributed by atoms with Gasteiger partial charge in [-0.3, -0.25) is 0 Å². The Morgan fingerprint density at radius 2 is 2.00 bits per heavy atom. The summed E-state index contributed by atoms with van der Waals surface area (Å²) in [6, 6.07) is 5.75. The highest BCUT2D eigenvalue weighted by molar-refractivity contribution is 5.43. The van der Waals surface area contributed by atoms with Gasteiger partial charge in [0.05, 0.1) is 26.9 Å². The number of rotatable bonds is 5. The second-order valence-electron chi connectivity index (χ2n) is 3.83. The highest BCUT2D eigenvalue weighted by Gasteiger charge is 2.19. The first kappa shape index (κ1) is 12.2. The maximum Gasteiger partial charge on any atom is 0.184 e. The maximum absolute atomic E-state index is 5.59. The van der Waals surface area contributed by atoms with Gasteiger partial charge in [-0.15, -0.1) is 0 Å². The van der Waals surface area contributed by atoms with E-state index in [9.17, 15) is 0 Å². The minimum atomic E-state index is -0.274. The number of hydrogen-bond donors (Lipinski definition) is 0. The minimum absolute atomic E-state index is 0.274. The molecule has 0 N–H and O–H groups in total. The zero-order chi connectivity index (χ0) is 12.1. The molecule has 1 aliphatic heterocycles. The summed E-state index contributed by atoms with van der Waals surface area (Å²) < 4.78 is 21.8. The molecule has 4 heteroatoms. The monoisotopic (exact) mass is 238 g/mol. The topological polar surface area (TPSA) is 36.9 Å². The Hall–Kier alpha value is -1.26. The van der Waals surface area contributed by atoms with Crippen molar-refractivity contribution in [2.45, 2.75) is 19.6 Å². The molecular formula is C13H18O4. The van der Waals surface area contributed by atoms with Crippen LogP contribution < -0.4 is 9.47 Å². The molecule has 1 heterocycles. The van der Waals surface area contributed by atoms with Crippen LogP contribution in [0, 0.1) is 0 Å². The summed E-state index contributed by atoms with van der Waals surface area (Å²) in [5, 5.41) is 0. The van der Waals surface area contributed by atoms with E-state index < -0.39 is 0 Å². The number of hydrogen-bond acceptors (Lipinski definition) is 4. The minimum Gasteiger partial charge on any atom is -0.493 e. The van der Waals surface area contributed by atoms with Crippen LogP contribution >= 0.6 is 0 Å². The van der Waals surface area contributed by atoms with Crippen LogP contribution in [0.25, 0.3) is 0 Å². The van der Waals surface area contributed by atoms with Crippen molar-refractivity contribution < 1.29 is 18.9 Å². The molecule has 1 aromatic rings. The summed E-state index contributed by atoms with van der Waals surface area (Å²) in [6.45, 7) is 4.04. The van der Waals surface area contributed by atoms with Crippen molar-refractivity contribution in [3.05, 3.63) is 23.8 Å². The second-order valence-corrected chi connectivity index (χ2v) is 3.83. The average molecular weight is 238 g/mol. The standard InChI is InChI=1S/C13H18O4/c1-3-6-15-11-5-4-10(9-12(11)14-2)13-16-7-8-17-13/h4-5,9,13H,3,6-8H2,1-2H3. The normalized spacial score (nSPS) is 16.1. The Morgan fingerprint density at radius 1 is 1.24 bits per heavy atom. The predicted octanol–water partition coefficient (Wildman–Crippen LogP) is 2.53. The SMILES string of the molecule is CCCOc1ccc(C2OCCO2)cc1OC. The van der Waals surface area contributed by atoms with Gasteiger partial charge in [-0.05, 0) is 18.6 Å². The Kier molecular flexibility index (Phi) is 4.23. The molecule has 0 atom stereocenters. The van der Waals surface area contributed by atoms with Crippen molar-refractivity contribution in [3.63, 3.8) is 0 Å². The van der Waals surface area contributed by atoms with Gasteiger partial charge >= 0.3 is 0 Å². The molecule has 1 fully saturated rings. The van der Waals surface area contributed by atoms with Crippen molar-refractivity contribution in [3.8, 4) is 11.5 Å². The lowest BCUT2D eigenvalue weighted by Gasteiger charge is -2.14. The smallest absolute Gasteiger partial charge is 0.184 e. The van der Waals surface area contributed by atoms with Gasteiger partial charge in [-0.25, -0.2) is 0 Å². The quantitative estimate of drug-likeness (QED) is 0.790. The highest BCUT2D eigenvalue weighted by atomic mass is 16.7. The van der Waals surface area contributed by atoms with Crippen molar-refractivity contribution >= 4 is 0 Å². The largest absolute Gasteiger partial charge is 0.493 e. The van der Waals surface area contributed by atoms with E-state index in [2.05, 4.69) is 6.92 Å². The van der Waals surface area contributed by atoms with Gasteiger partial charge in [0.2, 0.25) is 0 Å². The Bertz CT molecular complexity index is 358. The van der Waals surface area contributed by atoms with Gasteiger partial charge in [0.15, 0.2) is 17.8 Å². The maximum atomic E-state index is 5.59. The molecule has 0 unspecified atom stereocenters. The Balaban J connectivity index is 2.14.